The summed E-state index contributed by atoms with van der Waals surface area (Å²) in [4.78, 5) is 31.9. The Morgan fingerprint density at radius 1 is 1.55 bits per heavy atom. The van der Waals surface area contributed by atoms with Crippen molar-refractivity contribution in [1.82, 2.24) is 14.9 Å². The number of aromatic amines is 1. The molecule has 9 heteroatoms. The highest BCUT2D eigenvalue weighted by Gasteiger charge is 2.55. The summed E-state index contributed by atoms with van der Waals surface area (Å²) in [6, 6.07) is 0.656. The Morgan fingerprint density at radius 2 is 2.32 bits per heavy atom. The third-order valence-electron chi connectivity index (χ3n) is 4.48. The summed E-state index contributed by atoms with van der Waals surface area (Å²) in [5.74, 6) is -0.205. The SMILES string of the molecule is O=C(O)N1C2CC([C@H]1c1nc3cc(Br)sc3c(=O)[nH]1)[C@@H](F)C2. The molecule has 22 heavy (non-hydrogen) atoms. The van der Waals surface area contributed by atoms with Gasteiger partial charge in [-0.25, -0.2) is 14.2 Å². The van der Waals surface area contributed by atoms with Gasteiger partial charge in [-0.15, -0.1) is 11.3 Å². The molecule has 4 atom stereocenters. The second kappa shape index (κ2) is 4.76. The van der Waals surface area contributed by atoms with Gasteiger partial charge in [0.05, 0.1) is 15.3 Å². The van der Waals surface area contributed by atoms with Gasteiger partial charge >= 0.3 is 6.09 Å². The van der Waals surface area contributed by atoms with Crippen molar-refractivity contribution in [1.29, 1.82) is 0 Å². The molecule has 0 radical (unpaired) electrons. The van der Waals surface area contributed by atoms with Gasteiger partial charge in [0.1, 0.15) is 16.7 Å². The molecule has 0 aromatic carbocycles. The Labute approximate surface area is 136 Å². The molecule has 2 unspecified atom stereocenters. The summed E-state index contributed by atoms with van der Waals surface area (Å²) in [7, 11) is 0. The Bertz CT molecular complexity index is 838. The smallest absolute Gasteiger partial charge is 0.408 e. The predicted octanol–water partition coefficient (Wildman–Crippen LogP) is 2.90. The molecule has 2 bridgehead atoms. The first-order valence-electron chi connectivity index (χ1n) is 6.80. The molecule has 2 N–H and O–H groups in total. The van der Waals surface area contributed by atoms with E-state index >= 15 is 0 Å². The fourth-order valence-electron chi connectivity index (χ4n) is 3.66. The Kier molecular flexibility index (Phi) is 3.06. The molecule has 2 aromatic heterocycles. The van der Waals surface area contributed by atoms with E-state index in [0.717, 1.165) is 3.79 Å². The van der Waals surface area contributed by atoms with Crippen molar-refractivity contribution in [3.8, 4) is 0 Å². The molecule has 2 aromatic rings. The van der Waals surface area contributed by atoms with E-state index in [0.29, 0.717) is 16.6 Å². The number of rotatable bonds is 1. The van der Waals surface area contributed by atoms with Gasteiger partial charge in [-0.2, -0.15) is 0 Å². The number of nitrogens with one attached hydrogen (secondary N) is 1. The van der Waals surface area contributed by atoms with Crippen LogP contribution in [0.3, 0.4) is 0 Å². The summed E-state index contributed by atoms with van der Waals surface area (Å²) < 4.78 is 15.3. The van der Waals surface area contributed by atoms with Crippen LogP contribution in [0.1, 0.15) is 24.7 Å². The number of amides is 1. The van der Waals surface area contributed by atoms with Gasteiger partial charge in [0, 0.05) is 12.0 Å². The van der Waals surface area contributed by atoms with Crippen LogP contribution >= 0.6 is 27.3 Å². The monoisotopic (exact) mass is 387 g/mol. The average molecular weight is 388 g/mol. The number of halogens is 2. The summed E-state index contributed by atoms with van der Waals surface area (Å²) in [6.07, 6.45) is -1.45. The first kappa shape index (κ1) is 14.1. The lowest BCUT2D eigenvalue weighted by Gasteiger charge is -2.33. The van der Waals surface area contributed by atoms with Gasteiger partial charge in [-0.1, -0.05) is 0 Å². The van der Waals surface area contributed by atoms with E-state index in [4.69, 9.17) is 0 Å². The second-order valence-electron chi connectivity index (χ2n) is 5.66. The number of hydrogen-bond donors (Lipinski definition) is 2. The van der Waals surface area contributed by atoms with E-state index in [2.05, 4.69) is 25.9 Å². The summed E-state index contributed by atoms with van der Waals surface area (Å²) in [6.45, 7) is 0. The Balaban J connectivity index is 1.86. The van der Waals surface area contributed by atoms with Crippen molar-refractivity contribution in [2.75, 3.05) is 0 Å². The zero-order valence-corrected chi connectivity index (χ0v) is 13.5. The van der Waals surface area contributed by atoms with Crippen molar-refractivity contribution in [2.24, 2.45) is 5.92 Å². The largest absolute Gasteiger partial charge is 0.465 e. The van der Waals surface area contributed by atoms with E-state index < -0.39 is 24.2 Å². The number of nitrogens with zero attached hydrogens (tertiary/aromatic N) is 2. The highest BCUT2D eigenvalue weighted by Crippen LogP contribution is 2.50. The van der Waals surface area contributed by atoms with Gasteiger partial charge in [-0.3, -0.25) is 9.69 Å². The molecule has 1 aliphatic heterocycles. The van der Waals surface area contributed by atoms with Crippen molar-refractivity contribution < 1.29 is 14.3 Å². The van der Waals surface area contributed by atoms with Crippen molar-refractivity contribution in [2.45, 2.75) is 31.1 Å². The summed E-state index contributed by atoms with van der Waals surface area (Å²) in [5.41, 5.74) is 0.179. The zero-order valence-electron chi connectivity index (χ0n) is 11.1. The lowest BCUT2D eigenvalue weighted by atomic mass is 9.96. The van der Waals surface area contributed by atoms with Crippen molar-refractivity contribution in [3.05, 3.63) is 26.0 Å². The van der Waals surface area contributed by atoms with E-state index in [1.165, 1.54) is 16.2 Å². The van der Waals surface area contributed by atoms with Crippen LogP contribution in [-0.4, -0.2) is 38.3 Å². The summed E-state index contributed by atoms with van der Waals surface area (Å²) >= 11 is 4.56. The number of fused-ring (bicyclic) bond motifs is 3. The third-order valence-corrected chi connectivity index (χ3v) is 6.10. The number of alkyl halides is 1. The van der Waals surface area contributed by atoms with Crippen LogP contribution in [0.4, 0.5) is 9.18 Å². The van der Waals surface area contributed by atoms with Gasteiger partial charge in [0.15, 0.2) is 0 Å². The number of thiophene rings is 1. The fourth-order valence-corrected chi connectivity index (χ4v) is 5.08. The van der Waals surface area contributed by atoms with Crippen LogP contribution in [-0.2, 0) is 0 Å². The minimum Gasteiger partial charge on any atom is -0.465 e. The third kappa shape index (κ3) is 1.91. The van der Waals surface area contributed by atoms with E-state index in [-0.39, 0.29) is 23.8 Å². The number of hydrogen-bond acceptors (Lipinski definition) is 4. The highest BCUT2D eigenvalue weighted by atomic mass is 79.9. The molecule has 0 spiro atoms. The standard InChI is InChI=1S/C13H11BrFN3O3S/c14-8-3-7-10(22-8)12(19)17-11(16-7)9-5-1-4(2-6(5)15)18(9)13(20)21/h3-6,9H,1-2H2,(H,20,21)(H,16,17,19)/t4?,5?,6-,9-/m0/s1. The van der Waals surface area contributed by atoms with Gasteiger partial charge in [0.25, 0.3) is 5.56 Å². The van der Waals surface area contributed by atoms with Crippen LogP contribution in [0.2, 0.25) is 0 Å². The molecule has 1 amide bonds. The molecular formula is C13H11BrFN3O3S. The molecule has 3 heterocycles. The lowest BCUT2D eigenvalue weighted by Crippen LogP contribution is -2.43. The maximum absolute atomic E-state index is 14.1. The maximum Gasteiger partial charge on any atom is 0.408 e. The van der Waals surface area contributed by atoms with Crippen LogP contribution < -0.4 is 5.56 Å². The Hall–Kier alpha value is -1.48. The normalized spacial score (nSPS) is 30.4. The zero-order chi connectivity index (χ0) is 15.6. The first-order chi connectivity index (χ1) is 10.5. The number of H-pyrrole nitrogens is 1. The minimum atomic E-state index is -1.10. The highest BCUT2D eigenvalue weighted by molar-refractivity contribution is 9.11. The quantitative estimate of drug-likeness (QED) is 0.787. The van der Waals surface area contributed by atoms with Crippen LogP contribution in [0.5, 0.6) is 0 Å². The number of likely N-dealkylation sites (tertiary alicyclic amines) is 1. The summed E-state index contributed by atoms with van der Waals surface area (Å²) in [5, 5.41) is 9.42. The van der Waals surface area contributed by atoms with Gasteiger partial charge < -0.3 is 10.1 Å². The molecule has 1 saturated heterocycles. The molecule has 116 valence electrons. The Morgan fingerprint density at radius 3 is 3.05 bits per heavy atom. The number of carboxylic acid groups (broad SMARTS) is 1. The van der Waals surface area contributed by atoms with Crippen molar-refractivity contribution >= 4 is 43.6 Å². The van der Waals surface area contributed by atoms with Crippen LogP contribution in [0, 0.1) is 5.92 Å². The van der Waals surface area contributed by atoms with Crippen LogP contribution in [0.15, 0.2) is 14.6 Å². The van der Waals surface area contributed by atoms with Crippen LogP contribution in [0.25, 0.3) is 10.2 Å². The molecule has 4 rings (SSSR count). The topological polar surface area (TPSA) is 86.3 Å². The molecule has 1 saturated carbocycles. The average Bonchev–Trinajstić information content (AvgIpc) is 3.08. The number of aromatic nitrogens is 2. The number of piperidine rings is 1. The lowest BCUT2D eigenvalue weighted by molar-refractivity contribution is 0.0691. The second-order valence-corrected chi connectivity index (χ2v) is 8.09. The molecule has 2 fully saturated rings. The molecule has 6 nitrogen and oxygen atoms in total. The predicted molar refractivity (Wildman–Crippen MR) is 82.0 cm³/mol. The van der Waals surface area contributed by atoms with E-state index in [9.17, 15) is 19.1 Å². The number of carbonyl (C=O) groups is 1. The van der Waals surface area contributed by atoms with E-state index in [1.54, 1.807) is 6.07 Å². The minimum absolute atomic E-state index is 0.226. The van der Waals surface area contributed by atoms with Gasteiger partial charge in [-0.05, 0) is 34.8 Å². The maximum atomic E-state index is 14.1. The van der Waals surface area contributed by atoms with Gasteiger partial charge in [0.2, 0.25) is 0 Å². The molecule has 1 aliphatic carbocycles. The molecule has 2 aliphatic rings. The van der Waals surface area contributed by atoms with E-state index in [1.807, 2.05) is 0 Å². The molecular weight excluding hydrogens is 377 g/mol. The first-order valence-corrected chi connectivity index (χ1v) is 8.41. The fraction of sp³-hybridized carbons (Fsp3) is 0.462. The van der Waals surface area contributed by atoms with Crippen molar-refractivity contribution in [3.63, 3.8) is 0 Å².